The van der Waals surface area contributed by atoms with E-state index in [4.69, 9.17) is 4.42 Å². The fourth-order valence-corrected chi connectivity index (χ4v) is 2.42. The van der Waals surface area contributed by atoms with Gasteiger partial charge in [0.15, 0.2) is 0 Å². The summed E-state index contributed by atoms with van der Waals surface area (Å²) in [6.45, 7) is 6.34. The molecule has 0 spiro atoms. The van der Waals surface area contributed by atoms with Gasteiger partial charge in [-0.15, -0.1) is 11.3 Å². The van der Waals surface area contributed by atoms with Crippen molar-refractivity contribution in [1.29, 1.82) is 0 Å². The maximum Gasteiger partial charge on any atom is 0.109 e. The minimum Gasteiger partial charge on any atom is -0.472 e. The quantitative estimate of drug-likeness (QED) is 0.883. The topological polar surface area (TPSA) is 38.1 Å². The highest BCUT2D eigenvalue weighted by atomic mass is 32.1. The van der Waals surface area contributed by atoms with Gasteiger partial charge in [-0.1, -0.05) is 0 Å². The summed E-state index contributed by atoms with van der Waals surface area (Å²) in [7, 11) is 0. The van der Waals surface area contributed by atoms with Gasteiger partial charge in [0.2, 0.25) is 0 Å². The third kappa shape index (κ3) is 2.51. The van der Waals surface area contributed by atoms with E-state index in [1.165, 1.54) is 10.4 Å². The molecule has 0 saturated heterocycles. The van der Waals surface area contributed by atoms with E-state index in [9.17, 15) is 0 Å². The molecule has 0 aliphatic rings. The number of hydrogen-bond acceptors (Lipinski definition) is 4. The number of nitrogens with one attached hydrogen (secondary N) is 1. The third-order valence-corrected chi connectivity index (χ3v) is 3.65. The van der Waals surface area contributed by atoms with Crippen molar-refractivity contribution >= 4 is 11.3 Å². The van der Waals surface area contributed by atoms with Crippen molar-refractivity contribution in [1.82, 2.24) is 10.3 Å². The Bertz CT molecular complexity index is 436. The Morgan fingerprint density at radius 3 is 2.75 bits per heavy atom. The lowest BCUT2D eigenvalue weighted by Crippen LogP contribution is -2.21. The predicted molar refractivity (Wildman–Crippen MR) is 65.5 cm³/mol. The molecule has 2 aromatic rings. The maximum atomic E-state index is 5.07. The zero-order valence-corrected chi connectivity index (χ0v) is 10.5. The van der Waals surface area contributed by atoms with Crippen molar-refractivity contribution in [2.24, 2.45) is 0 Å². The monoisotopic (exact) mass is 236 g/mol. The summed E-state index contributed by atoms with van der Waals surface area (Å²) >= 11 is 1.74. The first-order chi connectivity index (χ1) is 7.66. The minimum absolute atomic E-state index is 0.267. The zero-order chi connectivity index (χ0) is 11.5. The summed E-state index contributed by atoms with van der Waals surface area (Å²) in [5.74, 6) is 0. The molecular formula is C12H16N2OS. The van der Waals surface area contributed by atoms with E-state index in [1.54, 1.807) is 23.9 Å². The number of hydrogen-bond donors (Lipinski definition) is 1. The van der Waals surface area contributed by atoms with Crippen LogP contribution in [0.5, 0.6) is 0 Å². The maximum absolute atomic E-state index is 5.07. The van der Waals surface area contributed by atoms with Crippen molar-refractivity contribution in [2.45, 2.75) is 32.9 Å². The van der Waals surface area contributed by atoms with Gasteiger partial charge in [0, 0.05) is 22.7 Å². The molecule has 3 nitrogen and oxygen atoms in total. The molecule has 2 unspecified atom stereocenters. The smallest absolute Gasteiger partial charge is 0.109 e. The fourth-order valence-electron chi connectivity index (χ4n) is 1.64. The van der Waals surface area contributed by atoms with Gasteiger partial charge in [-0.3, -0.25) is 0 Å². The van der Waals surface area contributed by atoms with Crippen LogP contribution in [-0.2, 0) is 0 Å². The largest absolute Gasteiger partial charge is 0.472 e. The van der Waals surface area contributed by atoms with Crippen LogP contribution in [0.25, 0.3) is 0 Å². The Morgan fingerprint density at radius 2 is 2.19 bits per heavy atom. The van der Waals surface area contributed by atoms with Gasteiger partial charge in [-0.2, -0.15) is 0 Å². The summed E-state index contributed by atoms with van der Waals surface area (Å²) in [6.07, 6.45) is 5.39. The molecule has 16 heavy (non-hydrogen) atoms. The van der Waals surface area contributed by atoms with Crippen molar-refractivity contribution in [2.75, 3.05) is 0 Å². The Kier molecular flexibility index (Phi) is 3.41. The number of aryl methyl sites for hydroxylation is 1. The SMILES string of the molecule is Cc1cnc(C(C)NC(C)c2ccoc2)s1. The summed E-state index contributed by atoms with van der Waals surface area (Å²) in [5, 5.41) is 4.63. The van der Waals surface area contributed by atoms with E-state index in [0.717, 1.165) is 5.01 Å². The highest BCUT2D eigenvalue weighted by molar-refractivity contribution is 7.11. The third-order valence-electron chi connectivity index (χ3n) is 2.55. The number of furan rings is 1. The molecular weight excluding hydrogens is 220 g/mol. The van der Waals surface area contributed by atoms with E-state index in [0.29, 0.717) is 0 Å². The molecule has 86 valence electrons. The van der Waals surface area contributed by atoms with Crippen LogP contribution in [0.2, 0.25) is 0 Å². The van der Waals surface area contributed by atoms with Crippen LogP contribution >= 0.6 is 11.3 Å². The summed E-state index contributed by atoms with van der Waals surface area (Å²) in [5.41, 5.74) is 1.17. The van der Waals surface area contributed by atoms with Crippen molar-refractivity contribution < 1.29 is 4.42 Å². The lowest BCUT2D eigenvalue weighted by Gasteiger charge is -2.16. The fraction of sp³-hybridized carbons (Fsp3) is 0.417. The molecule has 2 rings (SSSR count). The molecule has 2 aromatic heterocycles. The average molecular weight is 236 g/mol. The Hall–Kier alpha value is -1.13. The van der Waals surface area contributed by atoms with Crippen LogP contribution in [0, 0.1) is 6.92 Å². The average Bonchev–Trinajstić information content (AvgIpc) is 2.87. The van der Waals surface area contributed by atoms with E-state index in [2.05, 4.69) is 31.1 Å². The Morgan fingerprint density at radius 1 is 1.38 bits per heavy atom. The minimum atomic E-state index is 0.267. The number of rotatable bonds is 4. The standard InChI is InChI=1S/C12H16N2OS/c1-8-6-13-12(16-8)10(3)14-9(2)11-4-5-15-7-11/h4-7,9-10,14H,1-3H3. The first kappa shape index (κ1) is 11.4. The molecule has 2 atom stereocenters. The van der Waals surface area contributed by atoms with Crippen LogP contribution in [0.1, 0.15) is 41.4 Å². The predicted octanol–water partition coefficient (Wildman–Crippen LogP) is 3.46. The van der Waals surface area contributed by atoms with Gasteiger partial charge >= 0.3 is 0 Å². The molecule has 0 aliphatic heterocycles. The first-order valence-corrected chi connectivity index (χ1v) is 6.19. The molecule has 0 saturated carbocycles. The number of aromatic nitrogens is 1. The second-order valence-corrected chi connectivity index (χ2v) is 5.24. The molecule has 0 amide bonds. The van der Waals surface area contributed by atoms with Gasteiger partial charge in [0.05, 0.1) is 18.6 Å². The number of thiazole rings is 1. The van der Waals surface area contributed by atoms with Crippen LogP contribution in [-0.4, -0.2) is 4.98 Å². The van der Waals surface area contributed by atoms with E-state index >= 15 is 0 Å². The molecule has 0 aromatic carbocycles. The van der Waals surface area contributed by atoms with E-state index in [-0.39, 0.29) is 12.1 Å². The normalized spacial score (nSPS) is 14.9. The summed E-state index contributed by atoms with van der Waals surface area (Å²) in [4.78, 5) is 5.63. The summed E-state index contributed by atoms with van der Waals surface area (Å²) in [6, 6.07) is 2.53. The number of nitrogens with zero attached hydrogens (tertiary/aromatic N) is 1. The van der Waals surface area contributed by atoms with Crippen LogP contribution < -0.4 is 5.32 Å². The van der Waals surface area contributed by atoms with Gasteiger partial charge in [-0.25, -0.2) is 4.98 Å². The highest BCUT2D eigenvalue weighted by Crippen LogP contribution is 2.22. The molecule has 2 heterocycles. The van der Waals surface area contributed by atoms with Crippen molar-refractivity contribution in [3.8, 4) is 0 Å². The molecule has 0 aliphatic carbocycles. The molecule has 4 heteroatoms. The lowest BCUT2D eigenvalue weighted by atomic mass is 10.1. The second kappa shape index (κ2) is 4.80. The molecule has 0 bridgehead atoms. The Balaban J connectivity index is 2.00. The highest BCUT2D eigenvalue weighted by Gasteiger charge is 2.14. The van der Waals surface area contributed by atoms with Gasteiger partial charge in [0.1, 0.15) is 5.01 Å². The van der Waals surface area contributed by atoms with E-state index in [1.807, 2.05) is 12.3 Å². The molecule has 1 N–H and O–H groups in total. The molecule has 0 fully saturated rings. The van der Waals surface area contributed by atoms with Crippen LogP contribution in [0.4, 0.5) is 0 Å². The van der Waals surface area contributed by atoms with E-state index < -0.39 is 0 Å². The van der Waals surface area contributed by atoms with Crippen molar-refractivity contribution in [3.05, 3.63) is 40.2 Å². The van der Waals surface area contributed by atoms with Gasteiger partial charge in [0.25, 0.3) is 0 Å². The molecule has 0 radical (unpaired) electrons. The van der Waals surface area contributed by atoms with Gasteiger partial charge < -0.3 is 9.73 Å². The van der Waals surface area contributed by atoms with Crippen LogP contribution in [0.15, 0.2) is 29.2 Å². The van der Waals surface area contributed by atoms with Crippen molar-refractivity contribution in [3.63, 3.8) is 0 Å². The lowest BCUT2D eigenvalue weighted by molar-refractivity contribution is 0.485. The first-order valence-electron chi connectivity index (χ1n) is 5.37. The van der Waals surface area contributed by atoms with Gasteiger partial charge in [-0.05, 0) is 26.8 Å². The zero-order valence-electron chi connectivity index (χ0n) is 9.73. The van der Waals surface area contributed by atoms with Crippen LogP contribution in [0.3, 0.4) is 0 Å². The second-order valence-electron chi connectivity index (χ2n) is 3.98. The summed E-state index contributed by atoms with van der Waals surface area (Å²) < 4.78 is 5.07. The Labute approximate surface area is 99.5 Å².